The molecule has 0 bridgehead atoms. The summed E-state index contributed by atoms with van der Waals surface area (Å²) in [6.07, 6.45) is 11.6. The van der Waals surface area contributed by atoms with Gasteiger partial charge in [-0.15, -0.1) is 0 Å². The molecule has 2 rings (SSSR count). The monoisotopic (exact) mass is 296 g/mol. The Hall–Kier alpha value is -0.610. The lowest BCUT2D eigenvalue weighted by Crippen LogP contribution is -2.59. The third-order valence-corrected chi connectivity index (χ3v) is 5.18. The Labute approximate surface area is 129 Å². The molecule has 2 aliphatic carbocycles. The van der Waals surface area contributed by atoms with Crippen LogP contribution in [0.3, 0.4) is 0 Å². The molecule has 0 aromatic rings. The number of carbonyl (C=O) groups is 1. The van der Waals surface area contributed by atoms with Crippen LogP contribution in [-0.2, 0) is 9.53 Å². The Morgan fingerprint density at radius 3 is 2.67 bits per heavy atom. The Bertz CT molecular complexity index is 329. The van der Waals surface area contributed by atoms with E-state index in [0.717, 1.165) is 51.2 Å². The van der Waals surface area contributed by atoms with Crippen molar-refractivity contribution in [1.29, 1.82) is 0 Å². The van der Waals surface area contributed by atoms with Gasteiger partial charge in [-0.25, -0.2) is 0 Å². The minimum absolute atomic E-state index is 0.192. The van der Waals surface area contributed by atoms with Gasteiger partial charge in [-0.3, -0.25) is 4.79 Å². The van der Waals surface area contributed by atoms with Crippen LogP contribution in [0, 0.1) is 5.92 Å². The highest BCUT2D eigenvalue weighted by Crippen LogP contribution is 2.31. The first-order valence-electron chi connectivity index (χ1n) is 8.83. The zero-order chi connectivity index (χ0) is 15.1. The van der Waals surface area contributed by atoms with Crippen molar-refractivity contribution in [1.82, 2.24) is 5.32 Å². The van der Waals surface area contributed by atoms with Crippen molar-refractivity contribution in [2.75, 3.05) is 13.2 Å². The van der Waals surface area contributed by atoms with Gasteiger partial charge in [0.15, 0.2) is 0 Å². The summed E-state index contributed by atoms with van der Waals surface area (Å²) in [5.41, 5.74) is 5.15. The number of nitrogens with one attached hydrogen (secondary N) is 1. The molecule has 2 saturated carbocycles. The number of primary amides is 1. The zero-order valence-electron chi connectivity index (χ0n) is 13.5. The molecular weight excluding hydrogens is 264 g/mol. The van der Waals surface area contributed by atoms with Gasteiger partial charge in [0.05, 0.1) is 6.10 Å². The lowest BCUT2D eigenvalue weighted by molar-refractivity contribution is -0.128. The molecule has 4 nitrogen and oxygen atoms in total. The summed E-state index contributed by atoms with van der Waals surface area (Å²) < 4.78 is 6.16. The largest absolute Gasteiger partial charge is 0.378 e. The number of hydrogen-bond donors (Lipinski definition) is 2. The molecule has 0 aromatic heterocycles. The van der Waals surface area contributed by atoms with E-state index < -0.39 is 5.54 Å². The second-order valence-electron chi connectivity index (χ2n) is 6.93. The molecule has 4 heteroatoms. The maximum atomic E-state index is 11.9. The SMILES string of the molecule is CCCNC1(C(N)=O)CCCC(OCC2CCCCC2)C1. The molecule has 0 spiro atoms. The fourth-order valence-corrected chi connectivity index (χ4v) is 3.83. The van der Waals surface area contributed by atoms with Gasteiger partial charge in [-0.05, 0) is 51.0 Å². The quantitative estimate of drug-likeness (QED) is 0.759. The normalized spacial score (nSPS) is 31.2. The average Bonchev–Trinajstić information content (AvgIpc) is 2.52. The summed E-state index contributed by atoms with van der Waals surface area (Å²) in [5.74, 6) is 0.522. The zero-order valence-corrected chi connectivity index (χ0v) is 13.5. The summed E-state index contributed by atoms with van der Waals surface area (Å²) in [6.45, 7) is 3.83. The van der Waals surface area contributed by atoms with Crippen LogP contribution in [-0.4, -0.2) is 30.7 Å². The van der Waals surface area contributed by atoms with E-state index in [1.165, 1.54) is 32.1 Å². The molecule has 2 unspecified atom stereocenters. The molecule has 1 amide bonds. The van der Waals surface area contributed by atoms with E-state index in [-0.39, 0.29) is 12.0 Å². The van der Waals surface area contributed by atoms with Crippen LogP contribution < -0.4 is 11.1 Å². The molecule has 2 atom stereocenters. The molecule has 2 fully saturated rings. The number of amides is 1. The molecule has 2 aliphatic rings. The Balaban J connectivity index is 1.84. The molecule has 0 aromatic carbocycles. The third kappa shape index (κ3) is 4.68. The van der Waals surface area contributed by atoms with Crippen LogP contribution in [0.2, 0.25) is 0 Å². The van der Waals surface area contributed by atoms with E-state index in [1.54, 1.807) is 0 Å². The highest BCUT2D eigenvalue weighted by molar-refractivity contribution is 5.84. The van der Waals surface area contributed by atoms with Gasteiger partial charge in [0.2, 0.25) is 5.91 Å². The van der Waals surface area contributed by atoms with Gasteiger partial charge >= 0.3 is 0 Å². The second kappa shape index (κ2) is 8.14. The summed E-state index contributed by atoms with van der Waals surface area (Å²) in [6, 6.07) is 0. The van der Waals surface area contributed by atoms with Gasteiger partial charge in [0.1, 0.15) is 5.54 Å². The number of rotatable bonds is 7. The van der Waals surface area contributed by atoms with Crippen molar-refractivity contribution >= 4 is 5.91 Å². The van der Waals surface area contributed by atoms with Gasteiger partial charge in [-0.2, -0.15) is 0 Å². The first-order chi connectivity index (χ1) is 10.2. The van der Waals surface area contributed by atoms with E-state index in [9.17, 15) is 4.79 Å². The number of ether oxygens (including phenoxy) is 1. The summed E-state index contributed by atoms with van der Waals surface area (Å²) in [5, 5.41) is 3.40. The molecule has 122 valence electrons. The highest BCUT2D eigenvalue weighted by atomic mass is 16.5. The number of nitrogens with two attached hydrogens (primary N) is 1. The maximum Gasteiger partial charge on any atom is 0.237 e. The second-order valence-corrected chi connectivity index (χ2v) is 6.93. The van der Waals surface area contributed by atoms with Gasteiger partial charge in [-0.1, -0.05) is 26.2 Å². The molecule has 0 radical (unpaired) electrons. The van der Waals surface area contributed by atoms with Gasteiger partial charge in [0, 0.05) is 13.0 Å². The standard InChI is InChI=1S/C17H32N2O2/c1-2-11-19-17(16(18)20)10-6-9-15(12-17)21-13-14-7-4-3-5-8-14/h14-15,19H,2-13H2,1H3,(H2,18,20). The van der Waals surface area contributed by atoms with Crippen LogP contribution in [0.5, 0.6) is 0 Å². The van der Waals surface area contributed by atoms with Crippen molar-refractivity contribution < 1.29 is 9.53 Å². The van der Waals surface area contributed by atoms with Gasteiger partial charge in [0.25, 0.3) is 0 Å². The summed E-state index contributed by atoms with van der Waals surface area (Å²) >= 11 is 0. The third-order valence-electron chi connectivity index (χ3n) is 5.18. The molecular formula is C17H32N2O2. The van der Waals surface area contributed by atoms with E-state index in [4.69, 9.17) is 10.5 Å². The van der Waals surface area contributed by atoms with Crippen molar-refractivity contribution in [3.8, 4) is 0 Å². The van der Waals surface area contributed by atoms with Crippen LogP contribution in [0.1, 0.15) is 71.1 Å². The topological polar surface area (TPSA) is 64.3 Å². The maximum absolute atomic E-state index is 11.9. The van der Waals surface area contributed by atoms with Gasteiger partial charge < -0.3 is 15.8 Å². The number of hydrogen-bond acceptors (Lipinski definition) is 3. The van der Waals surface area contributed by atoms with Crippen molar-refractivity contribution in [2.24, 2.45) is 11.7 Å². The Morgan fingerprint density at radius 1 is 1.24 bits per heavy atom. The van der Waals surface area contributed by atoms with Crippen LogP contribution in [0.4, 0.5) is 0 Å². The van der Waals surface area contributed by atoms with E-state index in [0.29, 0.717) is 0 Å². The molecule has 21 heavy (non-hydrogen) atoms. The van der Waals surface area contributed by atoms with Crippen LogP contribution in [0.25, 0.3) is 0 Å². The van der Waals surface area contributed by atoms with E-state index >= 15 is 0 Å². The van der Waals surface area contributed by atoms with Crippen molar-refractivity contribution in [3.05, 3.63) is 0 Å². The Kier molecular flexibility index (Phi) is 6.49. The predicted molar refractivity (Wildman–Crippen MR) is 85.0 cm³/mol. The first kappa shape index (κ1) is 16.8. The van der Waals surface area contributed by atoms with E-state index in [2.05, 4.69) is 12.2 Å². The lowest BCUT2D eigenvalue weighted by Gasteiger charge is -2.39. The minimum Gasteiger partial charge on any atom is -0.378 e. The van der Waals surface area contributed by atoms with Crippen molar-refractivity contribution in [3.63, 3.8) is 0 Å². The molecule has 3 N–H and O–H groups in total. The van der Waals surface area contributed by atoms with Crippen LogP contribution in [0.15, 0.2) is 0 Å². The first-order valence-corrected chi connectivity index (χ1v) is 8.83. The lowest BCUT2D eigenvalue weighted by atomic mass is 9.79. The Morgan fingerprint density at radius 2 is 2.00 bits per heavy atom. The fraction of sp³-hybridized carbons (Fsp3) is 0.941. The van der Waals surface area contributed by atoms with Crippen LogP contribution >= 0.6 is 0 Å². The molecule has 0 aliphatic heterocycles. The number of carbonyl (C=O) groups excluding carboxylic acids is 1. The molecule has 0 saturated heterocycles. The fourth-order valence-electron chi connectivity index (χ4n) is 3.83. The minimum atomic E-state index is -0.536. The summed E-state index contributed by atoms with van der Waals surface area (Å²) in [7, 11) is 0. The smallest absolute Gasteiger partial charge is 0.237 e. The summed E-state index contributed by atoms with van der Waals surface area (Å²) in [4.78, 5) is 11.9. The molecule has 0 heterocycles. The predicted octanol–water partition coefficient (Wildman–Crippen LogP) is 2.75. The van der Waals surface area contributed by atoms with E-state index in [1.807, 2.05) is 0 Å². The average molecular weight is 296 g/mol. The highest BCUT2D eigenvalue weighted by Gasteiger charge is 2.41. The van der Waals surface area contributed by atoms with Crippen molar-refractivity contribution in [2.45, 2.75) is 82.8 Å².